The van der Waals surface area contributed by atoms with Gasteiger partial charge in [0.15, 0.2) is 0 Å². The zero-order valence-electron chi connectivity index (χ0n) is 7.02. The summed E-state index contributed by atoms with van der Waals surface area (Å²) in [6.07, 6.45) is 6.09. The van der Waals surface area contributed by atoms with Gasteiger partial charge in [0.25, 0.3) is 0 Å². The molecule has 0 aliphatic heterocycles. The standard InChI is InChI=1S/C10H13N/c1-4-8(2)7-10-5-6-11-9(10)3/h4-7,11H,3H2,1-2H3. The molecule has 0 radical (unpaired) electrons. The molecule has 11 heavy (non-hydrogen) atoms. The first kappa shape index (κ1) is 7.86. The number of allylic oxidation sites excluding steroid dienone is 2. The van der Waals surface area contributed by atoms with Crippen LogP contribution in [0.1, 0.15) is 13.8 Å². The van der Waals surface area contributed by atoms with E-state index in [9.17, 15) is 0 Å². The molecular weight excluding hydrogens is 134 g/mol. The quantitative estimate of drug-likeness (QED) is 0.613. The topological polar surface area (TPSA) is 15.8 Å². The summed E-state index contributed by atoms with van der Waals surface area (Å²) in [7, 11) is 0. The molecule has 1 heteroatoms. The maximum atomic E-state index is 3.85. The highest BCUT2D eigenvalue weighted by Gasteiger charge is 1.82. The Bertz CT molecular complexity index is 354. The van der Waals surface area contributed by atoms with Crippen LogP contribution in [0.25, 0.3) is 12.7 Å². The number of H-pyrrole nitrogens is 1. The molecule has 1 aromatic heterocycles. The van der Waals surface area contributed by atoms with Crippen LogP contribution in [0.15, 0.2) is 23.9 Å². The van der Waals surface area contributed by atoms with Gasteiger partial charge in [0.05, 0.1) is 0 Å². The number of hydrogen-bond acceptors (Lipinski definition) is 0. The van der Waals surface area contributed by atoms with Gasteiger partial charge < -0.3 is 4.98 Å². The fourth-order valence-electron chi connectivity index (χ4n) is 0.880. The molecule has 1 N–H and O–H groups in total. The van der Waals surface area contributed by atoms with Gasteiger partial charge >= 0.3 is 0 Å². The molecule has 1 heterocycles. The van der Waals surface area contributed by atoms with Crippen LogP contribution in [-0.4, -0.2) is 4.98 Å². The van der Waals surface area contributed by atoms with Crippen molar-refractivity contribution in [1.82, 2.24) is 4.98 Å². The molecule has 0 aliphatic carbocycles. The van der Waals surface area contributed by atoms with Crippen molar-refractivity contribution in [3.63, 3.8) is 0 Å². The first-order valence-electron chi connectivity index (χ1n) is 3.71. The van der Waals surface area contributed by atoms with Crippen molar-refractivity contribution in [2.45, 2.75) is 13.8 Å². The van der Waals surface area contributed by atoms with Gasteiger partial charge in [0, 0.05) is 11.5 Å². The third-order valence-electron chi connectivity index (χ3n) is 1.71. The van der Waals surface area contributed by atoms with E-state index in [0.29, 0.717) is 0 Å². The second kappa shape index (κ2) is 3.24. The van der Waals surface area contributed by atoms with E-state index in [4.69, 9.17) is 0 Å². The molecule has 0 spiro atoms. The predicted octanol–water partition coefficient (Wildman–Crippen LogP) is 1.17. The van der Waals surface area contributed by atoms with Gasteiger partial charge in [0.1, 0.15) is 0 Å². The summed E-state index contributed by atoms with van der Waals surface area (Å²) in [6.45, 7) is 7.96. The normalized spacial score (nSPS) is 14.0. The van der Waals surface area contributed by atoms with Crippen LogP contribution in [0.3, 0.4) is 0 Å². The fraction of sp³-hybridized carbons (Fsp3) is 0.200. The SMILES string of the molecule is C=c1[nH]ccc1=CC(C)=CC. The highest BCUT2D eigenvalue weighted by Crippen LogP contribution is 1.90. The summed E-state index contributed by atoms with van der Waals surface area (Å²) >= 11 is 0. The van der Waals surface area contributed by atoms with Crippen LogP contribution in [0, 0.1) is 0 Å². The summed E-state index contributed by atoms with van der Waals surface area (Å²) in [5, 5.41) is 2.15. The lowest BCUT2D eigenvalue weighted by Crippen LogP contribution is -2.19. The number of aromatic nitrogens is 1. The van der Waals surface area contributed by atoms with Crippen LogP contribution < -0.4 is 10.6 Å². The Hall–Kier alpha value is -1.24. The number of hydrogen-bond donors (Lipinski definition) is 1. The fourth-order valence-corrected chi connectivity index (χ4v) is 0.880. The Morgan fingerprint density at radius 3 is 2.82 bits per heavy atom. The summed E-state index contributed by atoms with van der Waals surface area (Å²) in [6, 6.07) is 2.02. The molecule has 0 atom stereocenters. The number of nitrogens with one attached hydrogen (secondary N) is 1. The third kappa shape index (κ3) is 1.84. The van der Waals surface area contributed by atoms with Crippen molar-refractivity contribution in [2.24, 2.45) is 0 Å². The zero-order valence-corrected chi connectivity index (χ0v) is 7.02. The zero-order chi connectivity index (χ0) is 8.27. The molecule has 1 aromatic rings. The largest absolute Gasteiger partial charge is 0.362 e. The Labute approximate surface area is 66.8 Å². The highest BCUT2D eigenvalue weighted by atomic mass is 14.6. The van der Waals surface area contributed by atoms with Crippen molar-refractivity contribution < 1.29 is 0 Å². The Morgan fingerprint density at radius 2 is 2.36 bits per heavy atom. The van der Waals surface area contributed by atoms with E-state index < -0.39 is 0 Å². The molecule has 0 aliphatic rings. The minimum absolute atomic E-state index is 0.978. The average molecular weight is 147 g/mol. The van der Waals surface area contributed by atoms with Crippen molar-refractivity contribution in [3.05, 3.63) is 34.5 Å². The van der Waals surface area contributed by atoms with E-state index >= 15 is 0 Å². The van der Waals surface area contributed by atoms with Gasteiger partial charge in [-0.15, -0.1) is 0 Å². The third-order valence-corrected chi connectivity index (χ3v) is 1.71. The lowest BCUT2D eigenvalue weighted by Gasteiger charge is -1.84. The highest BCUT2D eigenvalue weighted by molar-refractivity contribution is 5.44. The monoisotopic (exact) mass is 147 g/mol. The lowest BCUT2D eigenvalue weighted by molar-refractivity contribution is 1.32. The van der Waals surface area contributed by atoms with Gasteiger partial charge in [0.2, 0.25) is 0 Å². The molecule has 0 saturated carbocycles. The molecule has 1 rings (SSSR count). The molecule has 0 saturated heterocycles. The molecule has 0 amide bonds. The summed E-state index contributed by atoms with van der Waals surface area (Å²) < 4.78 is 0. The van der Waals surface area contributed by atoms with Crippen LogP contribution in [0.2, 0.25) is 0 Å². The van der Waals surface area contributed by atoms with Crippen molar-refractivity contribution in [2.75, 3.05) is 0 Å². The van der Waals surface area contributed by atoms with Gasteiger partial charge in [-0.2, -0.15) is 0 Å². The molecule has 0 aromatic carbocycles. The molecule has 1 nitrogen and oxygen atoms in total. The summed E-state index contributed by atoms with van der Waals surface area (Å²) in [4.78, 5) is 3.03. The van der Waals surface area contributed by atoms with Gasteiger partial charge in [-0.05, 0) is 25.1 Å². The number of rotatable bonds is 1. The number of aromatic amines is 1. The minimum Gasteiger partial charge on any atom is -0.362 e. The van der Waals surface area contributed by atoms with Crippen molar-refractivity contribution in [1.29, 1.82) is 0 Å². The van der Waals surface area contributed by atoms with Gasteiger partial charge in [-0.3, -0.25) is 0 Å². The maximum Gasteiger partial charge on any atom is 0.0380 e. The summed E-state index contributed by atoms with van der Waals surface area (Å²) in [5.74, 6) is 0. The van der Waals surface area contributed by atoms with Crippen LogP contribution in [0.4, 0.5) is 0 Å². The minimum atomic E-state index is 0.978. The van der Waals surface area contributed by atoms with Gasteiger partial charge in [-0.1, -0.05) is 24.3 Å². The first-order valence-corrected chi connectivity index (χ1v) is 3.71. The maximum absolute atomic E-state index is 3.85. The van der Waals surface area contributed by atoms with Crippen molar-refractivity contribution >= 4 is 12.7 Å². The van der Waals surface area contributed by atoms with E-state index in [1.807, 2.05) is 19.2 Å². The smallest absolute Gasteiger partial charge is 0.0380 e. The van der Waals surface area contributed by atoms with Crippen LogP contribution in [-0.2, 0) is 0 Å². The predicted molar refractivity (Wildman–Crippen MR) is 49.5 cm³/mol. The van der Waals surface area contributed by atoms with E-state index in [-0.39, 0.29) is 0 Å². The molecular formula is C10H13N. The van der Waals surface area contributed by atoms with Crippen LogP contribution >= 0.6 is 0 Å². The molecule has 0 unspecified atom stereocenters. The Morgan fingerprint density at radius 1 is 1.64 bits per heavy atom. The van der Waals surface area contributed by atoms with E-state index in [1.165, 1.54) is 10.8 Å². The molecule has 0 fully saturated rings. The van der Waals surface area contributed by atoms with E-state index in [2.05, 4.69) is 30.6 Å². The molecule has 58 valence electrons. The lowest BCUT2D eigenvalue weighted by atomic mass is 10.2. The van der Waals surface area contributed by atoms with E-state index in [1.54, 1.807) is 0 Å². The van der Waals surface area contributed by atoms with Crippen molar-refractivity contribution in [3.8, 4) is 0 Å². The second-order valence-electron chi connectivity index (χ2n) is 2.59. The Kier molecular flexibility index (Phi) is 2.32. The average Bonchev–Trinajstić information content (AvgIpc) is 2.37. The molecule has 0 bridgehead atoms. The first-order chi connectivity index (χ1) is 5.24. The van der Waals surface area contributed by atoms with Gasteiger partial charge in [-0.25, -0.2) is 0 Å². The summed E-state index contributed by atoms with van der Waals surface area (Å²) in [5.41, 5.74) is 1.26. The Balaban J connectivity index is 3.21. The van der Waals surface area contributed by atoms with Crippen LogP contribution in [0.5, 0.6) is 0 Å². The van der Waals surface area contributed by atoms with E-state index in [0.717, 1.165) is 5.35 Å². The second-order valence-corrected chi connectivity index (χ2v) is 2.59.